The Labute approximate surface area is 134 Å². The number of ether oxygens (including phenoxy) is 1. The molecular formula is C17H31N3O2. The topological polar surface area (TPSA) is 59.3 Å². The van der Waals surface area contributed by atoms with Crippen molar-refractivity contribution in [2.45, 2.75) is 78.6 Å². The van der Waals surface area contributed by atoms with Crippen LogP contribution in [-0.4, -0.2) is 33.6 Å². The third kappa shape index (κ3) is 4.46. The molecule has 0 aromatic carbocycles. The van der Waals surface area contributed by atoms with Gasteiger partial charge in [-0.25, -0.2) is 4.68 Å². The fraction of sp³-hybridized carbons (Fsp3) is 0.824. The normalized spacial score (nSPS) is 22.3. The summed E-state index contributed by atoms with van der Waals surface area (Å²) in [5.74, 6) is 1.45. The lowest BCUT2D eigenvalue weighted by Crippen LogP contribution is -2.34. The molecule has 1 aromatic rings. The quantitative estimate of drug-likeness (QED) is 0.813. The van der Waals surface area contributed by atoms with Gasteiger partial charge in [0, 0.05) is 19.1 Å². The first-order chi connectivity index (χ1) is 10.5. The van der Waals surface area contributed by atoms with Gasteiger partial charge in [0.1, 0.15) is 0 Å². The Hall–Kier alpha value is -1.07. The van der Waals surface area contributed by atoms with Crippen molar-refractivity contribution in [2.75, 3.05) is 6.61 Å². The average molecular weight is 309 g/mol. The van der Waals surface area contributed by atoms with E-state index in [2.05, 4.69) is 31.2 Å². The van der Waals surface area contributed by atoms with Crippen molar-refractivity contribution in [1.29, 1.82) is 0 Å². The lowest BCUT2D eigenvalue weighted by Gasteiger charge is -2.26. The standard InChI is InChI=1S/C17H31N3O2/c1-5-22-17-16(13(4)19-20(17)11-12(2)3)10-18-14-6-8-15(21)9-7-14/h12,14-15,18,21H,5-11H2,1-4H3. The van der Waals surface area contributed by atoms with E-state index >= 15 is 0 Å². The predicted molar refractivity (Wildman–Crippen MR) is 88.1 cm³/mol. The van der Waals surface area contributed by atoms with Crippen molar-refractivity contribution in [1.82, 2.24) is 15.1 Å². The van der Waals surface area contributed by atoms with Gasteiger partial charge < -0.3 is 15.2 Å². The number of aliphatic hydroxyl groups is 1. The highest BCUT2D eigenvalue weighted by molar-refractivity contribution is 5.31. The zero-order valence-electron chi connectivity index (χ0n) is 14.4. The van der Waals surface area contributed by atoms with Gasteiger partial charge in [-0.1, -0.05) is 13.8 Å². The molecule has 0 bridgehead atoms. The van der Waals surface area contributed by atoms with Gasteiger partial charge >= 0.3 is 0 Å². The Kier molecular flexibility index (Phi) is 6.26. The highest BCUT2D eigenvalue weighted by atomic mass is 16.5. The number of hydrogen-bond donors (Lipinski definition) is 2. The fourth-order valence-electron chi connectivity index (χ4n) is 3.10. The zero-order chi connectivity index (χ0) is 16.1. The van der Waals surface area contributed by atoms with Crippen molar-refractivity contribution >= 4 is 0 Å². The second-order valence-electron chi connectivity index (χ2n) is 6.76. The number of aliphatic hydroxyl groups excluding tert-OH is 1. The average Bonchev–Trinajstić information content (AvgIpc) is 2.74. The van der Waals surface area contributed by atoms with Crippen LogP contribution in [0, 0.1) is 12.8 Å². The Balaban J connectivity index is 2.03. The summed E-state index contributed by atoms with van der Waals surface area (Å²) in [6, 6.07) is 0.491. The molecule has 2 rings (SSSR count). The Bertz CT molecular complexity index is 463. The van der Waals surface area contributed by atoms with E-state index in [1.54, 1.807) is 0 Å². The number of rotatable bonds is 7. The molecule has 0 spiro atoms. The summed E-state index contributed by atoms with van der Waals surface area (Å²) < 4.78 is 7.87. The van der Waals surface area contributed by atoms with E-state index < -0.39 is 0 Å². The maximum Gasteiger partial charge on any atom is 0.216 e. The summed E-state index contributed by atoms with van der Waals surface area (Å²) >= 11 is 0. The van der Waals surface area contributed by atoms with Gasteiger partial charge in [0.05, 0.1) is 24.0 Å². The van der Waals surface area contributed by atoms with Gasteiger partial charge in [-0.3, -0.25) is 0 Å². The third-order valence-electron chi connectivity index (χ3n) is 4.28. The molecule has 0 aliphatic heterocycles. The molecule has 0 saturated heterocycles. The summed E-state index contributed by atoms with van der Waals surface area (Å²) in [6.07, 6.45) is 3.80. The molecule has 5 nitrogen and oxygen atoms in total. The summed E-state index contributed by atoms with van der Waals surface area (Å²) in [6.45, 7) is 10.8. The second kappa shape index (κ2) is 7.97. The van der Waals surface area contributed by atoms with Gasteiger partial charge in [-0.05, 0) is 45.4 Å². The van der Waals surface area contributed by atoms with E-state index in [9.17, 15) is 5.11 Å². The molecule has 1 fully saturated rings. The van der Waals surface area contributed by atoms with Crippen LogP contribution in [0.1, 0.15) is 57.7 Å². The summed E-state index contributed by atoms with van der Waals surface area (Å²) in [5, 5.41) is 17.9. The molecule has 2 N–H and O–H groups in total. The van der Waals surface area contributed by atoms with Crippen molar-refractivity contribution < 1.29 is 9.84 Å². The molecule has 1 aromatic heterocycles. The van der Waals surface area contributed by atoms with Gasteiger partial charge in [-0.15, -0.1) is 0 Å². The van der Waals surface area contributed by atoms with E-state index in [0.29, 0.717) is 18.6 Å². The Morgan fingerprint density at radius 3 is 2.59 bits per heavy atom. The number of nitrogens with one attached hydrogen (secondary N) is 1. The first-order valence-corrected chi connectivity index (χ1v) is 8.61. The van der Waals surface area contributed by atoms with E-state index in [1.807, 2.05) is 11.6 Å². The molecule has 0 atom stereocenters. The molecule has 1 aliphatic carbocycles. The van der Waals surface area contributed by atoms with Crippen molar-refractivity contribution in [2.24, 2.45) is 5.92 Å². The monoisotopic (exact) mass is 309 g/mol. The lowest BCUT2D eigenvalue weighted by molar-refractivity contribution is 0.116. The van der Waals surface area contributed by atoms with Crippen LogP contribution < -0.4 is 10.1 Å². The van der Waals surface area contributed by atoms with Gasteiger partial charge in [0.25, 0.3) is 0 Å². The summed E-state index contributed by atoms with van der Waals surface area (Å²) in [4.78, 5) is 0. The Morgan fingerprint density at radius 2 is 2.00 bits per heavy atom. The SMILES string of the molecule is CCOc1c(CNC2CCC(O)CC2)c(C)nn1CC(C)C. The van der Waals surface area contributed by atoms with Crippen LogP contribution in [0.4, 0.5) is 0 Å². The first kappa shape index (κ1) is 17.3. The van der Waals surface area contributed by atoms with E-state index in [-0.39, 0.29) is 6.10 Å². The van der Waals surface area contributed by atoms with Crippen molar-refractivity contribution in [3.63, 3.8) is 0 Å². The first-order valence-electron chi connectivity index (χ1n) is 8.61. The van der Waals surface area contributed by atoms with Crippen molar-refractivity contribution in [3.8, 4) is 5.88 Å². The number of hydrogen-bond acceptors (Lipinski definition) is 4. The van der Waals surface area contributed by atoms with Crippen molar-refractivity contribution in [3.05, 3.63) is 11.3 Å². The highest BCUT2D eigenvalue weighted by Gasteiger charge is 2.21. The third-order valence-corrected chi connectivity index (χ3v) is 4.28. The largest absolute Gasteiger partial charge is 0.478 e. The van der Waals surface area contributed by atoms with Crippen LogP contribution in [-0.2, 0) is 13.1 Å². The maximum atomic E-state index is 9.60. The Morgan fingerprint density at radius 1 is 1.32 bits per heavy atom. The van der Waals surface area contributed by atoms with Crippen LogP contribution >= 0.6 is 0 Å². The molecule has 1 saturated carbocycles. The summed E-state index contributed by atoms with van der Waals surface area (Å²) in [5.41, 5.74) is 2.22. The molecule has 1 aliphatic rings. The molecule has 5 heteroatoms. The van der Waals surface area contributed by atoms with E-state index in [1.165, 1.54) is 5.56 Å². The van der Waals surface area contributed by atoms with Crippen LogP contribution in [0.3, 0.4) is 0 Å². The fourth-order valence-corrected chi connectivity index (χ4v) is 3.10. The highest BCUT2D eigenvalue weighted by Crippen LogP contribution is 2.25. The molecule has 126 valence electrons. The van der Waals surface area contributed by atoms with Crippen LogP contribution in [0.2, 0.25) is 0 Å². The van der Waals surface area contributed by atoms with E-state index in [4.69, 9.17) is 4.74 Å². The minimum Gasteiger partial charge on any atom is -0.478 e. The molecule has 0 amide bonds. The van der Waals surface area contributed by atoms with Crippen LogP contribution in [0.5, 0.6) is 5.88 Å². The lowest BCUT2D eigenvalue weighted by atomic mass is 9.93. The molecule has 0 unspecified atom stereocenters. The zero-order valence-corrected chi connectivity index (χ0v) is 14.4. The molecule has 1 heterocycles. The predicted octanol–water partition coefficient (Wildman–Crippen LogP) is 2.64. The van der Waals surface area contributed by atoms with Gasteiger partial charge in [0.15, 0.2) is 0 Å². The molecule has 0 radical (unpaired) electrons. The summed E-state index contributed by atoms with van der Waals surface area (Å²) in [7, 11) is 0. The number of aryl methyl sites for hydroxylation is 1. The van der Waals surface area contributed by atoms with E-state index in [0.717, 1.165) is 50.3 Å². The minimum absolute atomic E-state index is 0.104. The van der Waals surface area contributed by atoms with Crippen LogP contribution in [0.15, 0.2) is 0 Å². The molecule has 22 heavy (non-hydrogen) atoms. The second-order valence-corrected chi connectivity index (χ2v) is 6.76. The number of nitrogens with zero attached hydrogens (tertiary/aromatic N) is 2. The molecular weight excluding hydrogens is 278 g/mol. The van der Waals surface area contributed by atoms with Gasteiger partial charge in [0.2, 0.25) is 5.88 Å². The van der Waals surface area contributed by atoms with Crippen LogP contribution in [0.25, 0.3) is 0 Å². The van der Waals surface area contributed by atoms with Gasteiger partial charge in [-0.2, -0.15) is 5.10 Å². The minimum atomic E-state index is -0.104. The maximum absolute atomic E-state index is 9.60. The smallest absolute Gasteiger partial charge is 0.216 e. The number of aromatic nitrogens is 2.